The normalized spacial score (nSPS) is 18.2. The van der Waals surface area contributed by atoms with Gasteiger partial charge in [-0.3, -0.25) is 9.78 Å². The smallest absolute Gasteiger partial charge is 0.277 e. The van der Waals surface area contributed by atoms with Gasteiger partial charge in [0.2, 0.25) is 0 Å². The van der Waals surface area contributed by atoms with Gasteiger partial charge < -0.3 is 9.74 Å². The number of anilines is 1. The summed E-state index contributed by atoms with van der Waals surface area (Å²) in [5.74, 6) is -6.63. The van der Waals surface area contributed by atoms with E-state index in [2.05, 4.69) is 20.1 Å². The minimum atomic E-state index is -4.02. The van der Waals surface area contributed by atoms with E-state index < -0.39 is 51.2 Å². The number of sulfone groups is 1. The minimum Gasteiger partial charge on any atom is -0.399 e. The molecular weight excluding hydrogens is 444 g/mol. The van der Waals surface area contributed by atoms with Crippen LogP contribution in [0.15, 0.2) is 35.9 Å². The van der Waals surface area contributed by atoms with Crippen LogP contribution in [-0.2, 0) is 19.5 Å². The fourth-order valence-electron chi connectivity index (χ4n) is 2.75. The third-order valence-corrected chi connectivity index (χ3v) is 6.34. The Labute approximate surface area is 176 Å². The van der Waals surface area contributed by atoms with Crippen LogP contribution in [0, 0.1) is 5.92 Å². The number of carbonyl (C=O) groups is 1. The number of alkyl halides is 2. The van der Waals surface area contributed by atoms with Gasteiger partial charge in [-0.05, 0) is 12.1 Å². The number of aromatic nitrogens is 3. The molecule has 1 aliphatic carbocycles. The van der Waals surface area contributed by atoms with Gasteiger partial charge in [-0.25, -0.2) is 21.9 Å². The van der Waals surface area contributed by atoms with Crippen LogP contribution in [0.25, 0.3) is 5.69 Å². The van der Waals surface area contributed by atoms with Crippen LogP contribution in [0.5, 0.6) is 0 Å². The summed E-state index contributed by atoms with van der Waals surface area (Å²) in [5.41, 5.74) is 0.305. The van der Waals surface area contributed by atoms with Crippen LogP contribution in [-0.4, -0.2) is 66.4 Å². The largest absolute Gasteiger partial charge is 0.399 e. The molecule has 1 atom stereocenters. The molecule has 9 nitrogen and oxygen atoms in total. The summed E-state index contributed by atoms with van der Waals surface area (Å²) in [5, 5.41) is 7.58. The summed E-state index contributed by atoms with van der Waals surface area (Å²) in [7, 11) is -1.53. The summed E-state index contributed by atoms with van der Waals surface area (Å²) in [6, 6.07) is 3.41. The molecule has 1 unspecified atom stereocenters. The van der Waals surface area contributed by atoms with Crippen molar-refractivity contribution in [2.75, 3.05) is 30.6 Å². The lowest BCUT2D eigenvalue weighted by Gasteiger charge is -2.16. The molecule has 2 heterocycles. The average molecular weight is 462 g/mol. The van der Waals surface area contributed by atoms with Crippen molar-refractivity contribution in [3.8, 4) is 5.69 Å². The molecule has 2 aromatic rings. The van der Waals surface area contributed by atoms with Crippen LogP contribution in [0.1, 0.15) is 6.42 Å². The van der Waals surface area contributed by atoms with Crippen molar-refractivity contribution in [1.29, 1.82) is 0 Å². The molecular formula is C17H18ClF2N5O4S. The van der Waals surface area contributed by atoms with Gasteiger partial charge in [-0.2, -0.15) is 5.10 Å². The predicted molar refractivity (Wildman–Crippen MR) is 106 cm³/mol. The Bertz CT molecular complexity index is 1080. The first-order chi connectivity index (χ1) is 14.0. The van der Waals surface area contributed by atoms with Crippen LogP contribution < -0.4 is 4.90 Å². The lowest BCUT2D eigenvalue weighted by atomic mass is 10.3. The number of amides is 1. The van der Waals surface area contributed by atoms with Crippen molar-refractivity contribution >= 4 is 38.7 Å². The highest BCUT2D eigenvalue weighted by atomic mass is 35.5. The third-order valence-electron chi connectivity index (χ3n) is 4.44. The first-order valence-corrected chi connectivity index (χ1v) is 10.9. The molecule has 0 saturated heterocycles. The van der Waals surface area contributed by atoms with Crippen molar-refractivity contribution in [1.82, 2.24) is 14.8 Å². The van der Waals surface area contributed by atoms with Gasteiger partial charge in [-0.15, -0.1) is 0 Å². The quantitative estimate of drug-likeness (QED) is 0.439. The monoisotopic (exact) mass is 461 g/mol. The molecule has 0 bridgehead atoms. The molecule has 0 spiro atoms. The van der Waals surface area contributed by atoms with Gasteiger partial charge in [0.15, 0.2) is 20.7 Å². The standard InChI is InChI=1S/C17H18ClF2N5O4S/c1-24(14-8-25(22-15(14)18)12-4-3-5-21-7-12)16(26)13(23-29-2)10-30(27,28)9-11-6-17(11,19)20/h3-5,7-8,11H,6,9-10H2,1-2H3/b23-13-. The highest BCUT2D eigenvalue weighted by Crippen LogP contribution is 2.49. The highest BCUT2D eigenvalue weighted by molar-refractivity contribution is 7.92. The second-order valence-electron chi connectivity index (χ2n) is 6.76. The van der Waals surface area contributed by atoms with E-state index in [1.165, 1.54) is 24.1 Å². The van der Waals surface area contributed by atoms with Gasteiger partial charge in [0.25, 0.3) is 11.8 Å². The molecule has 2 aromatic heterocycles. The lowest BCUT2D eigenvalue weighted by Crippen LogP contribution is -2.38. The van der Waals surface area contributed by atoms with E-state index in [4.69, 9.17) is 11.6 Å². The Hall–Kier alpha value is -2.60. The molecule has 0 aliphatic heterocycles. The molecule has 13 heteroatoms. The van der Waals surface area contributed by atoms with Crippen molar-refractivity contribution in [3.63, 3.8) is 0 Å². The van der Waals surface area contributed by atoms with Crippen molar-refractivity contribution in [3.05, 3.63) is 35.9 Å². The molecule has 162 valence electrons. The van der Waals surface area contributed by atoms with E-state index in [1.54, 1.807) is 18.3 Å². The molecule has 0 radical (unpaired) electrons. The maximum absolute atomic E-state index is 13.1. The first kappa shape index (κ1) is 22.1. The van der Waals surface area contributed by atoms with E-state index in [0.717, 1.165) is 12.0 Å². The fourth-order valence-corrected chi connectivity index (χ4v) is 4.70. The van der Waals surface area contributed by atoms with Crippen LogP contribution in [0.4, 0.5) is 14.5 Å². The zero-order valence-electron chi connectivity index (χ0n) is 16.0. The number of hydrogen-bond acceptors (Lipinski definition) is 7. The molecule has 0 aromatic carbocycles. The van der Waals surface area contributed by atoms with Gasteiger partial charge in [0, 0.05) is 25.6 Å². The summed E-state index contributed by atoms with van der Waals surface area (Å²) >= 11 is 6.14. The van der Waals surface area contributed by atoms with E-state index in [1.807, 2.05) is 0 Å². The first-order valence-electron chi connectivity index (χ1n) is 8.66. The van der Waals surface area contributed by atoms with E-state index in [9.17, 15) is 22.0 Å². The number of carbonyl (C=O) groups excluding carboxylic acids is 1. The zero-order valence-corrected chi connectivity index (χ0v) is 17.6. The molecule has 1 amide bonds. The second-order valence-corrected chi connectivity index (χ2v) is 9.23. The lowest BCUT2D eigenvalue weighted by molar-refractivity contribution is -0.112. The molecule has 1 fully saturated rings. The Morgan fingerprint density at radius 3 is 2.77 bits per heavy atom. The highest BCUT2D eigenvalue weighted by Gasteiger charge is 2.58. The Morgan fingerprint density at radius 2 is 2.20 bits per heavy atom. The number of oxime groups is 1. The number of hydrogen-bond donors (Lipinski definition) is 0. The topological polar surface area (TPSA) is 107 Å². The van der Waals surface area contributed by atoms with Crippen LogP contribution in [0.2, 0.25) is 5.15 Å². The molecule has 1 aliphatic rings. The third kappa shape index (κ3) is 4.93. The van der Waals surface area contributed by atoms with E-state index in [0.29, 0.717) is 5.69 Å². The summed E-state index contributed by atoms with van der Waals surface area (Å²) in [6.07, 6.45) is 4.09. The molecule has 30 heavy (non-hydrogen) atoms. The summed E-state index contributed by atoms with van der Waals surface area (Å²) in [6.45, 7) is 0. The molecule has 3 rings (SSSR count). The van der Waals surface area contributed by atoms with Crippen LogP contribution in [0.3, 0.4) is 0 Å². The Morgan fingerprint density at radius 1 is 1.50 bits per heavy atom. The number of nitrogens with zero attached hydrogens (tertiary/aromatic N) is 5. The summed E-state index contributed by atoms with van der Waals surface area (Å²) in [4.78, 5) is 22.5. The maximum Gasteiger partial charge on any atom is 0.277 e. The minimum absolute atomic E-state index is 0.0213. The fraction of sp³-hybridized carbons (Fsp3) is 0.412. The number of halogens is 3. The average Bonchev–Trinajstić information content (AvgIpc) is 3.09. The number of pyridine rings is 1. The molecule has 0 N–H and O–H groups in total. The van der Waals surface area contributed by atoms with Crippen LogP contribution >= 0.6 is 11.6 Å². The van der Waals surface area contributed by atoms with Crippen molar-refractivity contribution in [2.24, 2.45) is 11.1 Å². The van der Waals surface area contributed by atoms with E-state index in [-0.39, 0.29) is 10.8 Å². The Balaban J connectivity index is 1.79. The van der Waals surface area contributed by atoms with Gasteiger partial charge in [0.1, 0.15) is 18.6 Å². The van der Waals surface area contributed by atoms with E-state index >= 15 is 0 Å². The van der Waals surface area contributed by atoms with Crippen molar-refractivity contribution < 1.29 is 26.8 Å². The van der Waals surface area contributed by atoms with Crippen molar-refractivity contribution in [2.45, 2.75) is 12.3 Å². The second kappa shape index (κ2) is 8.26. The Kier molecular flexibility index (Phi) is 6.09. The summed E-state index contributed by atoms with van der Waals surface area (Å²) < 4.78 is 52.1. The van der Waals surface area contributed by atoms with Gasteiger partial charge in [-0.1, -0.05) is 16.8 Å². The number of rotatable bonds is 8. The predicted octanol–water partition coefficient (Wildman–Crippen LogP) is 1.96. The van der Waals surface area contributed by atoms with Gasteiger partial charge >= 0.3 is 0 Å². The SMILES string of the molecule is CO/N=C(/CS(=O)(=O)CC1CC1(F)F)C(=O)N(C)c1cn(-c2cccnc2)nc1Cl. The maximum atomic E-state index is 13.1. The zero-order chi connectivity index (χ0) is 22.1. The molecule has 1 saturated carbocycles. The van der Waals surface area contributed by atoms with Gasteiger partial charge in [0.05, 0.1) is 23.8 Å².